The molecule has 0 saturated heterocycles. The third-order valence-electron chi connectivity index (χ3n) is 3.30. The van der Waals surface area contributed by atoms with E-state index >= 15 is 0 Å². The molecule has 0 saturated carbocycles. The quantitative estimate of drug-likeness (QED) is 0.613. The van der Waals surface area contributed by atoms with Gasteiger partial charge in [0.25, 0.3) is 0 Å². The van der Waals surface area contributed by atoms with Crippen molar-refractivity contribution in [1.82, 2.24) is 5.32 Å². The van der Waals surface area contributed by atoms with Crippen molar-refractivity contribution in [2.24, 2.45) is 11.7 Å². The molecule has 7 nitrogen and oxygen atoms in total. The highest BCUT2D eigenvalue weighted by Gasteiger charge is 2.25. The van der Waals surface area contributed by atoms with Crippen LogP contribution in [-0.4, -0.2) is 37.0 Å². The molecule has 0 aromatic heterocycles. The lowest BCUT2D eigenvalue weighted by molar-refractivity contribution is -0.148. The number of carbonyl (C=O) groups excluding carboxylic acids is 3. The molecule has 2 amide bonds. The van der Waals surface area contributed by atoms with E-state index in [1.54, 1.807) is 13.8 Å². The highest BCUT2D eigenvalue weighted by molar-refractivity contribution is 5.87. The first-order valence-corrected chi connectivity index (χ1v) is 7.81. The van der Waals surface area contributed by atoms with Crippen LogP contribution in [0.4, 0.5) is 0 Å². The van der Waals surface area contributed by atoms with Gasteiger partial charge in [-0.2, -0.15) is 0 Å². The third kappa shape index (κ3) is 7.23. The van der Waals surface area contributed by atoms with Crippen molar-refractivity contribution in [2.45, 2.75) is 32.9 Å². The molecule has 7 heteroatoms. The van der Waals surface area contributed by atoms with Gasteiger partial charge in [-0.15, -0.1) is 0 Å². The second-order valence-corrected chi connectivity index (χ2v) is 5.39. The van der Waals surface area contributed by atoms with Crippen molar-refractivity contribution >= 4 is 17.8 Å². The molecule has 0 unspecified atom stereocenters. The van der Waals surface area contributed by atoms with Crippen molar-refractivity contribution < 1.29 is 23.9 Å². The van der Waals surface area contributed by atoms with Gasteiger partial charge in [0, 0.05) is 0 Å². The Hall–Kier alpha value is -2.41. The Bertz CT molecular complexity index is 547. The molecule has 2 atom stereocenters. The number of nitrogens with two attached hydrogens (primary N) is 1. The fraction of sp³-hybridized carbons (Fsp3) is 0.471. The smallest absolute Gasteiger partial charge is 0.308 e. The monoisotopic (exact) mass is 336 g/mol. The fourth-order valence-corrected chi connectivity index (χ4v) is 2.05. The maximum absolute atomic E-state index is 11.9. The number of carbonyl (C=O) groups is 3. The van der Waals surface area contributed by atoms with Gasteiger partial charge in [0.05, 0.1) is 19.1 Å². The summed E-state index contributed by atoms with van der Waals surface area (Å²) in [6.07, 6.45) is 0.0819. The average molecular weight is 336 g/mol. The molecule has 0 radical (unpaired) electrons. The molecule has 132 valence electrons. The van der Waals surface area contributed by atoms with E-state index in [9.17, 15) is 14.4 Å². The van der Waals surface area contributed by atoms with Crippen LogP contribution in [0.2, 0.25) is 0 Å². The SMILES string of the molecule is CCOC(=O)[C@@H](C)C[C@H](NC(=O)COCc1ccccc1)C(N)=O. The molecule has 1 aromatic rings. The van der Waals surface area contributed by atoms with E-state index in [4.69, 9.17) is 15.2 Å². The van der Waals surface area contributed by atoms with E-state index in [2.05, 4.69) is 5.32 Å². The maximum Gasteiger partial charge on any atom is 0.308 e. The number of rotatable bonds is 10. The Kier molecular flexibility index (Phi) is 8.49. The zero-order valence-electron chi connectivity index (χ0n) is 14.0. The van der Waals surface area contributed by atoms with Crippen LogP contribution in [0.15, 0.2) is 30.3 Å². The molecule has 24 heavy (non-hydrogen) atoms. The minimum absolute atomic E-state index is 0.0819. The van der Waals surface area contributed by atoms with Crippen molar-refractivity contribution in [3.63, 3.8) is 0 Å². The molecule has 0 spiro atoms. The Morgan fingerprint density at radius 3 is 2.46 bits per heavy atom. The van der Waals surface area contributed by atoms with Crippen molar-refractivity contribution in [2.75, 3.05) is 13.2 Å². The number of hydrogen-bond donors (Lipinski definition) is 2. The Labute approximate surface area is 141 Å². The van der Waals surface area contributed by atoms with E-state index in [1.165, 1.54) is 0 Å². The summed E-state index contributed by atoms with van der Waals surface area (Å²) in [6.45, 7) is 3.65. The molecule has 0 bridgehead atoms. The normalized spacial score (nSPS) is 12.9. The van der Waals surface area contributed by atoms with Gasteiger partial charge in [0.15, 0.2) is 0 Å². The molecular weight excluding hydrogens is 312 g/mol. The molecule has 1 aromatic carbocycles. The summed E-state index contributed by atoms with van der Waals surface area (Å²) in [4.78, 5) is 34.9. The molecule has 3 N–H and O–H groups in total. The van der Waals surface area contributed by atoms with E-state index in [0.717, 1.165) is 5.56 Å². The van der Waals surface area contributed by atoms with Crippen LogP contribution in [0.3, 0.4) is 0 Å². The zero-order valence-corrected chi connectivity index (χ0v) is 14.0. The lowest BCUT2D eigenvalue weighted by Crippen LogP contribution is -2.47. The molecule has 0 heterocycles. The first-order valence-electron chi connectivity index (χ1n) is 7.81. The second kappa shape index (κ2) is 10.4. The Balaban J connectivity index is 2.42. The number of benzene rings is 1. The van der Waals surface area contributed by atoms with E-state index in [-0.39, 0.29) is 26.2 Å². The maximum atomic E-state index is 11.9. The predicted octanol–water partition coefficient (Wildman–Crippen LogP) is 0.763. The van der Waals surface area contributed by atoms with Crippen LogP contribution >= 0.6 is 0 Å². The number of amides is 2. The number of nitrogens with one attached hydrogen (secondary N) is 1. The van der Waals surface area contributed by atoms with E-state index in [0.29, 0.717) is 0 Å². The molecule has 0 aliphatic rings. The van der Waals surface area contributed by atoms with Crippen LogP contribution < -0.4 is 11.1 Å². The summed E-state index contributed by atoms with van der Waals surface area (Å²) in [6, 6.07) is 8.45. The average Bonchev–Trinajstić information content (AvgIpc) is 2.55. The minimum Gasteiger partial charge on any atom is -0.466 e. The number of ether oxygens (including phenoxy) is 2. The zero-order chi connectivity index (χ0) is 17.9. The summed E-state index contributed by atoms with van der Waals surface area (Å²) in [5.41, 5.74) is 6.22. The fourth-order valence-electron chi connectivity index (χ4n) is 2.05. The van der Waals surface area contributed by atoms with Crippen LogP contribution in [0.25, 0.3) is 0 Å². The molecule has 1 rings (SSSR count). The van der Waals surface area contributed by atoms with Gasteiger partial charge in [-0.1, -0.05) is 37.3 Å². The summed E-state index contributed by atoms with van der Waals surface area (Å²) >= 11 is 0. The lowest BCUT2D eigenvalue weighted by Gasteiger charge is -2.18. The van der Waals surface area contributed by atoms with Gasteiger partial charge in [0.1, 0.15) is 12.6 Å². The van der Waals surface area contributed by atoms with Crippen LogP contribution in [0.1, 0.15) is 25.8 Å². The lowest BCUT2D eigenvalue weighted by atomic mass is 10.0. The first-order chi connectivity index (χ1) is 11.4. The van der Waals surface area contributed by atoms with Gasteiger partial charge >= 0.3 is 5.97 Å². The number of hydrogen-bond acceptors (Lipinski definition) is 5. The van der Waals surface area contributed by atoms with Crippen LogP contribution in [0, 0.1) is 5.92 Å². The highest BCUT2D eigenvalue weighted by Crippen LogP contribution is 2.08. The van der Waals surface area contributed by atoms with Crippen LogP contribution in [-0.2, 0) is 30.5 Å². The van der Waals surface area contributed by atoms with Gasteiger partial charge in [-0.05, 0) is 18.9 Å². The topological polar surface area (TPSA) is 108 Å². The standard InChI is InChI=1S/C17H24N2O5/c1-3-24-17(22)12(2)9-14(16(18)21)19-15(20)11-23-10-13-7-5-4-6-8-13/h4-8,12,14H,3,9-11H2,1-2H3,(H2,18,21)(H,19,20)/t12-,14-/m0/s1. The van der Waals surface area contributed by atoms with E-state index < -0.39 is 29.7 Å². The Morgan fingerprint density at radius 1 is 1.21 bits per heavy atom. The van der Waals surface area contributed by atoms with Crippen LogP contribution in [0.5, 0.6) is 0 Å². The summed E-state index contributed by atoms with van der Waals surface area (Å²) in [5, 5.41) is 2.48. The van der Waals surface area contributed by atoms with Gasteiger partial charge in [0.2, 0.25) is 11.8 Å². The summed E-state index contributed by atoms with van der Waals surface area (Å²) < 4.78 is 10.2. The highest BCUT2D eigenvalue weighted by atomic mass is 16.5. The van der Waals surface area contributed by atoms with Gasteiger partial charge in [-0.25, -0.2) is 0 Å². The summed E-state index contributed by atoms with van der Waals surface area (Å²) in [5.74, 6) is -2.15. The predicted molar refractivity (Wildman–Crippen MR) is 87.6 cm³/mol. The summed E-state index contributed by atoms with van der Waals surface area (Å²) in [7, 11) is 0. The minimum atomic E-state index is -0.947. The number of esters is 1. The molecule has 0 fully saturated rings. The molecule has 0 aliphatic heterocycles. The molecule has 0 aliphatic carbocycles. The van der Waals surface area contributed by atoms with Gasteiger partial charge < -0.3 is 20.5 Å². The van der Waals surface area contributed by atoms with Crippen molar-refractivity contribution in [3.05, 3.63) is 35.9 Å². The Morgan fingerprint density at radius 2 is 1.88 bits per heavy atom. The second-order valence-electron chi connectivity index (χ2n) is 5.39. The largest absolute Gasteiger partial charge is 0.466 e. The third-order valence-corrected chi connectivity index (χ3v) is 3.30. The van der Waals surface area contributed by atoms with E-state index in [1.807, 2.05) is 30.3 Å². The first kappa shape index (κ1) is 19.6. The van der Waals surface area contributed by atoms with Crippen molar-refractivity contribution in [3.8, 4) is 0 Å². The van der Waals surface area contributed by atoms with Gasteiger partial charge in [-0.3, -0.25) is 14.4 Å². The van der Waals surface area contributed by atoms with Crippen molar-refractivity contribution in [1.29, 1.82) is 0 Å². The molecular formula is C17H24N2O5. The number of primary amides is 1.